The van der Waals surface area contributed by atoms with Crippen molar-refractivity contribution in [3.63, 3.8) is 0 Å². The molecule has 0 amide bonds. The molecule has 1 aliphatic heterocycles. The summed E-state index contributed by atoms with van der Waals surface area (Å²) >= 11 is 0. The van der Waals surface area contributed by atoms with Crippen LogP contribution in [0.4, 0.5) is 0 Å². The molecule has 1 fully saturated rings. The summed E-state index contributed by atoms with van der Waals surface area (Å²) in [6, 6.07) is 3.03. The largest absolute Gasteiger partial charge is 0.508 e. The van der Waals surface area contributed by atoms with Gasteiger partial charge in [-0.2, -0.15) is 0 Å². The fourth-order valence-electron chi connectivity index (χ4n) is 2.40. The average molecular weight is 247 g/mol. The number of fused-ring (bicyclic) bond motifs is 1. The SMILES string of the molecule is O=C(O)c1nc(C2CCCN2)n2ccc(O)cc12. The van der Waals surface area contributed by atoms with Crippen molar-refractivity contribution in [2.45, 2.75) is 18.9 Å². The Kier molecular flexibility index (Phi) is 2.45. The van der Waals surface area contributed by atoms with E-state index in [4.69, 9.17) is 5.11 Å². The van der Waals surface area contributed by atoms with Crippen molar-refractivity contribution in [1.82, 2.24) is 14.7 Å². The lowest BCUT2D eigenvalue weighted by atomic mass is 10.2. The first-order valence-corrected chi connectivity index (χ1v) is 5.84. The summed E-state index contributed by atoms with van der Waals surface area (Å²) in [7, 11) is 0. The van der Waals surface area contributed by atoms with Gasteiger partial charge in [0.1, 0.15) is 11.6 Å². The molecule has 0 aliphatic carbocycles. The van der Waals surface area contributed by atoms with E-state index in [1.807, 2.05) is 0 Å². The van der Waals surface area contributed by atoms with Crippen LogP contribution in [0.2, 0.25) is 0 Å². The monoisotopic (exact) mass is 247 g/mol. The van der Waals surface area contributed by atoms with Crippen LogP contribution in [0.3, 0.4) is 0 Å². The minimum absolute atomic E-state index is 0.0189. The Labute approximate surface area is 103 Å². The van der Waals surface area contributed by atoms with Crippen LogP contribution in [0, 0.1) is 0 Å². The predicted octanol–water partition coefficient (Wildman–Crippen LogP) is 1.16. The summed E-state index contributed by atoms with van der Waals surface area (Å²) in [4.78, 5) is 15.4. The van der Waals surface area contributed by atoms with Gasteiger partial charge in [0, 0.05) is 12.3 Å². The molecule has 6 heteroatoms. The van der Waals surface area contributed by atoms with Crippen molar-refractivity contribution < 1.29 is 15.0 Å². The summed E-state index contributed by atoms with van der Waals surface area (Å²) in [5.74, 6) is -0.349. The summed E-state index contributed by atoms with van der Waals surface area (Å²) in [5.41, 5.74) is 0.404. The number of aromatic carboxylic acids is 1. The fraction of sp³-hybridized carbons (Fsp3) is 0.333. The molecule has 0 aromatic carbocycles. The van der Waals surface area contributed by atoms with Gasteiger partial charge < -0.3 is 19.9 Å². The lowest BCUT2D eigenvalue weighted by Gasteiger charge is -2.08. The van der Waals surface area contributed by atoms with E-state index in [0.717, 1.165) is 19.4 Å². The Bertz CT molecular complexity index is 614. The smallest absolute Gasteiger partial charge is 0.356 e. The van der Waals surface area contributed by atoms with Crippen molar-refractivity contribution >= 4 is 11.5 Å². The van der Waals surface area contributed by atoms with Gasteiger partial charge in [-0.3, -0.25) is 0 Å². The van der Waals surface area contributed by atoms with Crippen LogP contribution in [0.5, 0.6) is 5.75 Å². The highest BCUT2D eigenvalue weighted by Gasteiger charge is 2.25. The Hall–Kier alpha value is -2.08. The van der Waals surface area contributed by atoms with Crippen LogP contribution in [0.1, 0.15) is 35.2 Å². The number of rotatable bonds is 2. The molecule has 2 aromatic heterocycles. The molecular formula is C12H13N3O3. The first kappa shape index (κ1) is 11.0. The minimum Gasteiger partial charge on any atom is -0.508 e. The van der Waals surface area contributed by atoms with Crippen LogP contribution in [-0.2, 0) is 0 Å². The maximum absolute atomic E-state index is 11.2. The Morgan fingerprint density at radius 3 is 3.06 bits per heavy atom. The number of hydrogen-bond acceptors (Lipinski definition) is 4. The highest BCUT2D eigenvalue weighted by atomic mass is 16.4. The van der Waals surface area contributed by atoms with Crippen molar-refractivity contribution in [2.75, 3.05) is 6.54 Å². The van der Waals surface area contributed by atoms with Gasteiger partial charge in [0.25, 0.3) is 0 Å². The maximum atomic E-state index is 11.2. The van der Waals surface area contributed by atoms with E-state index in [2.05, 4.69) is 10.3 Å². The second-order valence-corrected chi connectivity index (χ2v) is 4.41. The molecule has 18 heavy (non-hydrogen) atoms. The van der Waals surface area contributed by atoms with Crippen LogP contribution in [-0.4, -0.2) is 32.1 Å². The number of hydrogen-bond donors (Lipinski definition) is 3. The van der Waals surface area contributed by atoms with Gasteiger partial charge in [0.2, 0.25) is 0 Å². The van der Waals surface area contributed by atoms with Gasteiger partial charge in [0.15, 0.2) is 5.69 Å². The summed E-state index contributed by atoms with van der Waals surface area (Å²) in [5, 5.41) is 21.9. The lowest BCUT2D eigenvalue weighted by molar-refractivity contribution is 0.0693. The second-order valence-electron chi connectivity index (χ2n) is 4.41. The first-order valence-electron chi connectivity index (χ1n) is 5.84. The molecule has 0 saturated carbocycles. The molecule has 0 spiro atoms. The minimum atomic E-state index is -1.08. The highest BCUT2D eigenvalue weighted by Crippen LogP contribution is 2.26. The van der Waals surface area contributed by atoms with E-state index in [0.29, 0.717) is 11.3 Å². The number of carbonyl (C=O) groups is 1. The summed E-state index contributed by atoms with van der Waals surface area (Å²) in [6.45, 7) is 0.917. The normalized spacial score (nSPS) is 19.4. The number of pyridine rings is 1. The molecule has 0 radical (unpaired) electrons. The third-order valence-corrected chi connectivity index (χ3v) is 3.23. The van der Waals surface area contributed by atoms with Gasteiger partial charge in [-0.15, -0.1) is 0 Å². The number of imidazole rings is 1. The van der Waals surface area contributed by atoms with Crippen molar-refractivity contribution in [3.05, 3.63) is 29.8 Å². The predicted molar refractivity (Wildman–Crippen MR) is 63.8 cm³/mol. The quantitative estimate of drug-likeness (QED) is 0.741. The first-order chi connectivity index (χ1) is 8.66. The van der Waals surface area contributed by atoms with E-state index >= 15 is 0 Å². The van der Waals surface area contributed by atoms with Gasteiger partial charge in [-0.1, -0.05) is 0 Å². The summed E-state index contributed by atoms with van der Waals surface area (Å²) in [6.07, 6.45) is 3.65. The van der Waals surface area contributed by atoms with Gasteiger partial charge in [0.05, 0.1) is 11.6 Å². The van der Waals surface area contributed by atoms with Crippen LogP contribution in [0.15, 0.2) is 18.3 Å². The zero-order chi connectivity index (χ0) is 12.7. The van der Waals surface area contributed by atoms with E-state index in [-0.39, 0.29) is 17.5 Å². The molecule has 1 aliphatic rings. The standard InChI is InChI=1S/C12H13N3O3/c16-7-3-5-15-9(6-7)10(12(17)18)14-11(15)8-2-1-4-13-8/h3,5-6,8,13,16H,1-2,4H2,(H,17,18). The highest BCUT2D eigenvalue weighted by molar-refractivity contribution is 5.94. The van der Waals surface area contributed by atoms with E-state index in [9.17, 15) is 9.90 Å². The zero-order valence-corrected chi connectivity index (χ0v) is 9.63. The maximum Gasteiger partial charge on any atom is 0.356 e. The molecule has 1 unspecified atom stereocenters. The molecule has 6 nitrogen and oxygen atoms in total. The number of carboxylic acids is 1. The number of aromatic nitrogens is 2. The van der Waals surface area contributed by atoms with Crippen LogP contribution >= 0.6 is 0 Å². The fourth-order valence-corrected chi connectivity index (χ4v) is 2.40. The zero-order valence-electron chi connectivity index (χ0n) is 9.63. The Morgan fingerprint density at radius 1 is 1.56 bits per heavy atom. The molecule has 3 heterocycles. The number of nitrogens with zero attached hydrogens (tertiary/aromatic N) is 2. The van der Waals surface area contributed by atoms with Crippen molar-refractivity contribution in [3.8, 4) is 5.75 Å². The molecule has 1 atom stereocenters. The second kappa shape index (κ2) is 3.99. The Morgan fingerprint density at radius 2 is 2.39 bits per heavy atom. The average Bonchev–Trinajstić information content (AvgIpc) is 2.93. The van der Waals surface area contributed by atoms with Gasteiger partial charge in [-0.05, 0) is 25.5 Å². The van der Waals surface area contributed by atoms with Gasteiger partial charge >= 0.3 is 5.97 Å². The number of carboxylic acid groups (broad SMARTS) is 1. The molecule has 1 saturated heterocycles. The summed E-state index contributed by atoms with van der Waals surface area (Å²) < 4.78 is 1.73. The van der Waals surface area contributed by atoms with Gasteiger partial charge in [-0.25, -0.2) is 9.78 Å². The molecular weight excluding hydrogens is 234 g/mol. The van der Waals surface area contributed by atoms with E-state index in [1.54, 1.807) is 10.6 Å². The molecule has 2 aromatic rings. The topological polar surface area (TPSA) is 86.9 Å². The van der Waals surface area contributed by atoms with Crippen LogP contribution < -0.4 is 5.32 Å². The lowest BCUT2D eigenvalue weighted by Crippen LogP contribution is -2.15. The molecule has 3 rings (SSSR count). The molecule has 0 bridgehead atoms. The van der Waals surface area contributed by atoms with Crippen LogP contribution in [0.25, 0.3) is 5.52 Å². The molecule has 3 N–H and O–H groups in total. The third kappa shape index (κ3) is 1.62. The Balaban J connectivity index is 2.22. The van der Waals surface area contributed by atoms with Crippen molar-refractivity contribution in [1.29, 1.82) is 0 Å². The molecule has 94 valence electrons. The number of nitrogens with one attached hydrogen (secondary N) is 1. The third-order valence-electron chi connectivity index (χ3n) is 3.23. The van der Waals surface area contributed by atoms with E-state index in [1.165, 1.54) is 12.1 Å². The van der Waals surface area contributed by atoms with E-state index < -0.39 is 5.97 Å². The van der Waals surface area contributed by atoms with Crippen molar-refractivity contribution in [2.24, 2.45) is 0 Å². The number of aromatic hydroxyl groups is 1.